The summed E-state index contributed by atoms with van der Waals surface area (Å²) in [7, 11) is 0. The molecule has 1 aromatic heterocycles. The Labute approximate surface area is 162 Å². The van der Waals surface area contributed by atoms with E-state index in [1.807, 2.05) is 36.5 Å². The van der Waals surface area contributed by atoms with Crippen LogP contribution in [0.25, 0.3) is 11.3 Å². The number of aromatic nitrogens is 1. The molecule has 27 heavy (non-hydrogen) atoms. The molecule has 4 rings (SSSR count). The van der Waals surface area contributed by atoms with Crippen LogP contribution in [0.3, 0.4) is 0 Å². The second kappa shape index (κ2) is 7.33. The SMILES string of the molecule is CCc1ccc(-c2ccc(C3=Nc4cc(Cl)ccc4C(C=O)O3)cc2)nc1. The number of pyridine rings is 1. The molecule has 1 atom stereocenters. The van der Waals surface area contributed by atoms with E-state index in [-0.39, 0.29) is 0 Å². The molecule has 0 bridgehead atoms. The second-order valence-electron chi connectivity index (χ2n) is 6.28. The van der Waals surface area contributed by atoms with Crippen molar-refractivity contribution in [3.05, 3.63) is 82.5 Å². The highest BCUT2D eigenvalue weighted by atomic mass is 35.5. The number of fused-ring (bicyclic) bond motifs is 1. The van der Waals surface area contributed by atoms with Crippen molar-refractivity contribution in [2.75, 3.05) is 0 Å². The van der Waals surface area contributed by atoms with Gasteiger partial charge in [0.05, 0.1) is 11.4 Å². The molecule has 2 aromatic carbocycles. The van der Waals surface area contributed by atoms with Crippen LogP contribution in [0, 0.1) is 0 Å². The summed E-state index contributed by atoms with van der Waals surface area (Å²) in [5, 5.41) is 0.570. The van der Waals surface area contributed by atoms with Crippen LogP contribution >= 0.6 is 11.6 Å². The van der Waals surface area contributed by atoms with Crippen molar-refractivity contribution < 1.29 is 9.53 Å². The number of carbonyl (C=O) groups excluding carboxylic acids is 1. The molecular formula is C22H17ClN2O2. The molecule has 3 aromatic rings. The van der Waals surface area contributed by atoms with Gasteiger partial charge in [-0.1, -0.05) is 42.8 Å². The highest BCUT2D eigenvalue weighted by molar-refractivity contribution is 6.30. The van der Waals surface area contributed by atoms with Crippen molar-refractivity contribution in [2.45, 2.75) is 19.4 Å². The molecule has 0 saturated carbocycles. The molecule has 0 aliphatic carbocycles. The summed E-state index contributed by atoms with van der Waals surface area (Å²) in [5.74, 6) is 0.405. The Kier molecular flexibility index (Phi) is 4.73. The lowest BCUT2D eigenvalue weighted by molar-refractivity contribution is -0.114. The number of aldehydes is 1. The maximum Gasteiger partial charge on any atom is 0.222 e. The molecule has 1 unspecified atom stereocenters. The number of nitrogens with zero attached hydrogens (tertiary/aromatic N) is 2. The fourth-order valence-corrected chi connectivity index (χ4v) is 3.16. The standard InChI is InChI=1S/C22H17ClN2O2/c1-2-14-3-10-19(24-12-14)15-4-6-16(7-5-15)22-25-20-11-17(23)8-9-18(20)21(13-26)27-22/h3-13,21H,2H2,1H3. The van der Waals surface area contributed by atoms with E-state index in [0.717, 1.165) is 35.1 Å². The molecule has 4 nitrogen and oxygen atoms in total. The molecule has 134 valence electrons. The average molecular weight is 377 g/mol. The molecule has 0 radical (unpaired) electrons. The van der Waals surface area contributed by atoms with E-state index in [0.29, 0.717) is 16.6 Å². The molecular weight excluding hydrogens is 360 g/mol. The first-order valence-electron chi connectivity index (χ1n) is 8.73. The van der Waals surface area contributed by atoms with Crippen molar-refractivity contribution >= 4 is 29.5 Å². The lowest BCUT2D eigenvalue weighted by Crippen LogP contribution is -2.17. The fourth-order valence-electron chi connectivity index (χ4n) is 3.00. The van der Waals surface area contributed by atoms with Crippen LogP contribution in [0.2, 0.25) is 5.02 Å². The van der Waals surface area contributed by atoms with Gasteiger partial charge in [-0.15, -0.1) is 0 Å². The predicted molar refractivity (Wildman–Crippen MR) is 107 cm³/mol. The Morgan fingerprint density at radius 1 is 1.07 bits per heavy atom. The van der Waals surface area contributed by atoms with Gasteiger partial charge in [0.2, 0.25) is 5.90 Å². The Morgan fingerprint density at radius 3 is 2.52 bits per heavy atom. The quantitative estimate of drug-likeness (QED) is 0.579. The van der Waals surface area contributed by atoms with Crippen LogP contribution in [0.4, 0.5) is 5.69 Å². The lowest BCUT2D eigenvalue weighted by Gasteiger charge is -2.22. The molecule has 1 aliphatic heterocycles. The lowest BCUT2D eigenvalue weighted by atomic mass is 10.0. The Bertz CT molecular complexity index is 1010. The van der Waals surface area contributed by atoms with Gasteiger partial charge in [-0.3, -0.25) is 9.78 Å². The summed E-state index contributed by atoms with van der Waals surface area (Å²) >= 11 is 6.07. The van der Waals surface area contributed by atoms with Gasteiger partial charge in [-0.2, -0.15) is 0 Å². The molecule has 0 N–H and O–H groups in total. The summed E-state index contributed by atoms with van der Waals surface area (Å²) in [6.07, 6.45) is 2.95. The monoisotopic (exact) mass is 376 g/mol. The maximum absolute atomic E-state index is 11.5. The van der Waals surface area contributed by atoms with E-state index in [9.17, 15) is 4.79 Å². The number of aliphatic imine (C=N–C) groups is 1. The molecule has 0 amide bonds. The van der Waals surface area contributed by atoms with Crippen LogP contribution in [0.15, 0.2) is 65.8 Å². The normalized spacial score (nSPS) is 15.5. The maximum atomic E-state index is 11.5. The van der Waals surface area contributed by atoms with Gasteiger partial charge in [0.1, 0.15) is 0 Å². The highest BCUT2D eigenvalue weighted by Crippen LogP contribution is 2.35. The van der Waals surface area contributed by atoms with Gasteiger partial charge in [-0.05, 0) is 42.3 Å². The summed E-state index contributed by atoms with van der Waals surface area (Å²) in [6, 6.07) is 17.1. The predicted octanol–water partition coefficient (Wildman–Crippen LogP) is 5.31. The van der Waals surface area contributed by atoms with Gasteiger partial charge in [0.25, 0.3) is 0 Å². The minimum atomic E-state index is -0.687. The van der Waals surface area contributed by atoms with Crippen molar-refractivity contribution in [1.29, 1.82) is 0 Å². The highest BCUT2D eigenvalue weighted by Gasteiger charge is 2.24. The van der Waals surface area contributed by atoms with Crippen molar-refractivity contribution in [3.63, 3.8) is 0 Å². The van der Waals surface area contributed by atoms with Crippen molar-refractivity contribution in [2.24, 2.45) is 4.99 Å². The Balaban J connectivity index is 1.66. The minimum absolute atomic E-state index is 0.405. The van der Waals surface area contributed by atoms with E-state index in [2.05, 4.69) is 23.0 Å². The third-order valence-corrected chi connectivity index (χ3v) is 4.78. The summed E-state index contributed by atoms with van der Waals surface area (Å²) < 4.78 is 5.79. The van der Waals surface area contributed by atoms with E-state index >= 15 is 0 Å². The first-order chi connectivity index (χ1) is 13.2. The second-order valence-corrected chi connectivity index (χ2v) is 6.71. The third kappa shape index (κ3) is 3.49. The zero-order chi connectivity index (χ0) is 18.8. The fraction of sp³-hybridized carbons (Fsp3) is 0.136. The van der Waals surface area contributed by atoms with Crippen LogP contribution < -0.4 is 0 Å². The van der Waals surface area contributed by atoms with Crippen LogP contribution in [0.1, 0.15) is 29.7 Å². The van der Waals surface area contributed by atoms with Gasteiger partial charge in [-0.25, -0.2) is 4.99 Å². The van der Waals surface area contributed by atoms with Crippen LogP contribution in [-0.2, 0) is 16.0 Å². The molecule has 1 aliphatic rings. The molecule has 0 saturated heterocycles. The largest absolute Gasteiger partial charge is 0.461 e. The smallest absolute Gasteiger partial charge is 0.222 e. The number of ether oxygens (including phenoxy) is 1. The first kappa shape index (κ1) is 17.4. The molecule has 2 heterocycles. The Hall–Kier alpha value is -2.98. The summed E-state index contributed by atoms with van der Waals surface area (Å²) in [5.41, 5.74) is 5.29. The minimum Gasteiger partial charge on any atom is -0.461 e. The van der Waals surface area contributed by atoms with Crippen molar-refractivity contribution in [3.8, 4) is 11.3 Å². The number of rotatable bonds is 4. The number of carbonyl (C=O) groups is 1. The molecule has 5 heteroatoms. The van der Waals surface area contributed by atoms with Gasteiger partial charge < -0.3 is 4.74 Å². The zero-order valence-corrected chi connectivity index (χ0v) is 15.5. The zero-order valence-electron chi connectivity index (χ0n) is 14.7. The topological polar surface area (TPSA) is 51.5 Å². The average Bonchev–Trinajstić information content (AvgIpc) is 2.73. The number of benzene rings is 2. The van der Waals surface area contributed by atoms with Gasteiger partial charge >= 0.3 is 0 Å². The summed E-state index contributed by atoms with van der Waals surface area (Å²) in [4.78, 5) is 20.5. The van der Waals surface area contributed by atoms with E-state index in [4.69, 9.17) is 16.3 Å². The number of hydrogen-bond acceptors (Lipinski definition) is 4. The number of halogens is 1. The number of hydrogen-bond donors (Lipinski definition) is 0. The Morgan fingerprint density at radius 2 is 1.85 bits per heavy atom. The van der Waals surface area contributed by atoms with E-state index < -0.39 is 6.10 Å². The van der Waals surface area contributed by atoms with Crippen molar-refractivity contribution in [1.82, 2.24) is 4.98 Å². The van der Waals surface area contributed by atoms with Gasteiger partial charge in [0, 0.05) is 27.9 Å². The van der Waals surface area contributed by atoms with Crippen LogP contribution in [0.5, 0.6) is 0 Å². The summed E-state index contributed by atoms with van der Waals surface area (Å²) in [6.45, 7) is 2.11. The van der Waals surface area contributed by atoms with E-state index in [1.165, 1.54) is 5.56 Å². The molecule has 0 fully saturated rings. The number of aryl methyl sites for hydroxylation is 1. The van der Waals surface area contributed by atoms with E-state index in [1.54, 1.807) is 18.2 Å². The third-order valence-electron chi connectivity index (χ3n) is 4.54. The van der Waals surface area contributed by atoms with Crippen LogP contribution in [-0.4, -0.2) is 17.2 Å². The molecule has 0 spiro atoms. The van der Waals surface area contributed by atoms with Gasteiger partial charge in [0.15, 0.2) is 12.4 Å². The first-order valence-corrected chi connectivity index (χ1v) is 9.11.